The molecule has 1 aromatic carbocycles. The Kier molecular flexibility index (Phi) is 3.01. The van der Waals surface area contributed by atoms with Gasteiger partial charge >= 0.3 is 5.97 Å². The number of carbonyl (C=O) groups excluding carboxylic acids is 2. The van der Waals surface area contributed by atoms with E-state index in [1.165, 1.54) is 0 Å². The van der Waals surface area contributed by atoms with Crippen molar-refractivity contribution in [3.8, 4) is 0 Å². The molecule has 0 saturated heterocycles. The summed E-state index contributed by atoms with van der Waals surface area (Å²) in [4.78, 5) is 35.4. The predicted octanol–water partition coefficient (Wildman–Crippen LogP) is 0.730. The predicted molar refractivity (Wildman–Crippen MR) is 63.1 cm³/mol. The van der Waals surface area contributed by atoms with Crippen molar-refractivity contribution < 1.29 is 19.5 Å². The first-order valence-electron chi connectivity index (χ1n) is 5.49. The van der Waals surface area contributed by atoms with E-state index in [9.17, 15) is 14.4 Å². The number of amides is 2. The topological polar surface area (TPSA) is 101 Å². The van der Waals surface area contributed by atoms with Gasteiger partial charge in [0.15, 0.2) is 0 Å². The van der Waals surface area contributed by atoms with Crippen molar-refractivity contribution in [2.75, 3.05) is 12.3 Å². The number of carbonyl (C=O) groups is 3. The van der Waals surface area contributed by atoms with Gasteiger partial charge in [0.1, 0.15) is 0 Å². The van der Waals surface area contributed by atoms with Crippen LogP contribution in [0.3, 0.4) is 0 Å². The molecule has 1 aromatic rings. The van der Waals surface area contributed by atoms with E-state index in [0.717, 1.165) is 4.90 Å². The summed E-state index contributed by atoms with van der Waals surface area (Å²) in [5.74, 6) is -1.81. The van der Waals surface area contributed by atoms with Gasteiger partial charge in [-0.1, -0.05) is 6.07 Å². The lowest BCUT2D eigenvalue weighted by atomic mass is 10.1. The molecule has 0 fully saturated rings. The van der Waals surface area contributed by atoms with Crippen molar-refractivity contribution in [3.05, 3.63) is 29.3 Å². The Morgan fingerprint density at radius 2 is 2.00 bits per heavy atom. The molecule has 0 atom stereocenters. The number of hydrogen-bond donors (Lipinski definition) is 2. The monoisotopic (exact) mass is 248 g/mol. The van der Waals surface area contributed by atoms with Crippen LogP contribution in [0, 0.1) is 0 Å². The summed E-state index contributed by atoms with van der Waals surface area (Å²) >= 11 is 0. The molecule has 1 aliphatic rings. The summed E-state index contributed by atoms with van der Waals surface area (Å²) in [6, 6.07) is 4.72. The zero-order valence-electron chi connectivity index (χ0n) is 9.55. The Hall–Kier alpha value is -2.37. The minimum atomic E-state index is -0.953. The molecular weight excluding hydrogens is 236 g/mol. The zero-order chi connectivity index (χ0) is 13.3. The molecule has 0 bridgehead atoms. The van der Waals surface area contributed by atoms with Crippen LogP contribution in [0.25, 0.3) is 0 Å². The van der Waals surface area contributed by atoms with E-state index in [0.29, 0.717) is 0 Å². The molecule has 0 spiro atoms. The normalized spacial score (nSPS) is 13.9. The third-order valence-corrected chi connectivity index (χ3v) is 2.80. The Balaban J connectivity index is 2.18. The number of rotatable bonds is 4. The van der Waals surface area contributed by atoms with Gasteiger partial charge in [0, 0.05) is 18.7 Å². The summed E-state index contributed by atoms with van der Waals surface area (Å²) in [5, 5.41) is 8.53. The molecule has 3 N–H and O–H groups in total. The lowest BCUT2D eigenvalue weighted by Gasteiger charge is -2.12. The molecule has 6 heteroatoms. The summed E-state index contributed by atoms with van der Waals surface area (Å²) in [7, 11) is 0. The van der Waals surface area contributed by atoms with Crippen molar-refractivity contribution in [1.29, 1.82) is 0 Å². The second kappa shape index (κ2) is 4.48. The molecule has 18 heavy (non-hydrogen) atoms. The van der Waals surface area contributed by atoms with Gasteiger partial charge in [-0.2, -0.15) is 0 Å². The second-order valence-electron chi connectivity index (χ2n) is 4.03. The van der Waals surface area contributed by atoms with Crippen molar-refractivity contribution in [3.63, 3.8) is 0 Å². The SMILES string of the molecule is Nc1cccc2c1C(=O)N(CCCC(=O)O)C2=O. The van der Waals surface area contributed by atoms with E-state index in [-0.39, 0.29) is 36.2 Å². The smallest absolute Gasteiger partial charge is 0.303 e. The van der Waals surface area contributed by atoms with Crippen LogP contribution < -0.4 is 5.73 Å². The quantitative estimate of drug-likeness (QED) is 0.604. The van der Waals surface area contributed by atoms with Gasteiger partial charge in [0.05, 0.1) is 11.1 Å². The van der Waals surface area contributed by atoms with Crippen LogP contribution >= 0.6 is 0 Å². The first-order valence-corrected chi connectivity index (χ1v) is 5.49. The molecule has 0 aliphatic carbocycles. The van der Waals surface area contributed by atoms with Crippen molar-refractivity contribution >= 4 is 23.5 Å². The largest absolute Gasteiger partial charge is 0.481 e. The van der Waals surface area contributed by atoms with Crippen LogP contribution in [0.4, 0.5) is 5.69 Å². The molecule has 2 amide bonds. The van der Waals surface area contributed by atoms with Gasteiger partial charge in [0.2, 0.25) is 0 Å². The lowest BCUT2D eigenvalue weighted by molar-refractivity contribution is -0.137. The standard InChI is InChI=1S/C12H12N2O4/c13-8-4-1-3-7-10(8)12(18)14(11(7)17)6-2-5-9(15)16/h1,3-4H,2,5-6,13H2,(H,15,16). The van der Waals surface area contributed by atoms with Crippen LogP contribution in [-0.2, 0) is 4.79 Å². The summed E-state index contributed by atoms with van der Waals surface area (Å²) in [6.07, 6.45) is 0.156. The number of nitrogens with two attached hydrogens (primary N) is 1. The molecule has 94 valence electrons. The molecule has 2 rings (SSSR count). The summed E-state index contributed by atoms with van der Waals surface area (Å²) in [6.45, 7) is 0.0953. The highest BCUT2D eigenvalue weighted by atomic mass is 16.4. The highest BCUT2D eigenvalue weighted by Gasteiger charge is 2.36. The fourth-order valence-electron chi connectivity index (χ4n) is 1.95. The summed E-state index contributed by atoms with van der Waals surface area (Å²) < 4.78 is 0. The number of aliphatic carboxylic acids is 1. The molecule has 1 aliphatic heterocycles. The van der Waals surface area contributed by atoms with Gasteiger partial charge in [-0.3, -0.25) is 19.3 Å². The first kappa shape index (κ1) is 12.1. The highest BCUT2D eigenvalue weighted by molar-refractivity contribution is 6.23. The Labute approximate surface area is 103 Å². The zero-order valence-corrected chi connectivity index (χ0v) is 9.55. The Morgan fingerprint density at radius 3 is 2.61 bits per heavy atom. The van der Waals surface area contributed by atoms with Crippen molar-refractivity contribution in [2.24, 2.45) is 0 Å². The van der Waals surface area contributed by atoms with Crippen LogP contribution in [0.1, 0.15) is 33.6 Å². The van der Waals surface area contributed by atoms with Crippen molar-refractivity contribution in [1.82, 2.24) is 4.90 Å². The maximum Gasteiger partial charge on any atom is 0.303 e. The van der Waals surface area contributed by atoms with Gasteiger partial charge in [-0.05, 0) is 18.6 Å². The number of carboxylic acid groups (broad SMARTS) is 1. The van der Waals surface area contributed by atoms with Crippen molar-refractivity contribution in [2.45, 2.75) is 12.8 Å². The Morgan fingerprint density at radius 1 is 1.28 bits per heavy atom. The number of nitrogens with zero attached hydrogens (tertiary/aromatic N) is 1. The van der Waals surface area contributed by atoms with Gasteiger partial charge < -0.3 is 10.8 Å². The van der Waals surface area contributed by atoms with Gasteiger partial charge in [-0.25, -0.2) is 0 Å². The molecule has 0 unspecified atom stereocenters. The average Bonchev–Trinajstić information content (AvgIpc) is 2.55. The highest BCUT2D eigenvalue weighted by Crippen LogP contribution is 2.27. The first-order chi connectivity index (χ1) is 8.52. The number of imide groups is 1. The van der Waals surface area contributed by atoms with E-state index in [4.69, 9.17) is 10.8 Å². The van der Waals surface area contributed by atoms with E-state index in [1.807, 2.05) is 0 Å². The number of benzene rings is 1. The maximum absolute atomic E-state index is 12.0. The van der Waals surface area contributed by atoms with E-state index < -0.39 is 17.8 Å². The van der Waals surface area contributed by atoms with Gasteiger partial charge in [-0.15, -0.1) is 0 Å². The number of carboxylic acids is 1. The van der Waals surface area contributed by atoms with Crippen LogP contribution in [0.2, 0.25) is 0 Å². The average molecular weight is 248 g/mol. The molecule has 0 aromatic heterocycles. The van der Waals surface area contributed by atoms with E-state index in [1.54, 1.807) is 18.2 Å². The van der Waals surface area contributed by atoms with E-state index in [2.05, 4.69) is 0 Å². The minimum Gasteiger partial charge on any atom is -0.481 e. The molecule has 6 nitrogen and oxygen atoms in total. The second-order valence-corrected chi connectivity index (χ2v) is 4.03. The van der Waals surface area contributed by atoms with Gasteiger partial charge in [0.25, 0.3) is 11.8 Å². The Bertz CT molecular complexity index is 539. The van der Waals surface area contributed by atoms with Crippen LogP contribution in [0.5, 0.6) is 0 Å². The third-order valence-electron chi connectivity index (χ3n) is 2.80. The van der Waals surface area contributed by atoms with E-state index >= 15 is 0 Å². The van der Waals surface area contributed by atoms with Crippen LogP contribution in [0.15, 0.2) is 18.2 Å². The fraction of sp³-hybridized carbons (Fsp3) is 0.250. The number of hydrogen-bond acceptors (Lipinski definition) is 4. The lowest BCUT2D eigenvalue weighted by Crippen LogP contribution is -2.31. The number of fused-ring (bicyclic) bond motifs is 1. The molecule has 0 saturated carbocycles. The minimum absolute atomic E-state index is 0.0805. The number of nitrogen functional groups attached to an aromatic ring is 1. The molecule has 1 heterocycles. The summed E-state index contributed by atoms with van der Waals surface area (Å²) in [5.41, 5.74) is 6.45. The van der Waals surface area contributed by atoms with Crippen LogP contribution in [-0.4, -0.2) is 34.3 Å². The number of anilines is 1. The fourth-order valence-corrected chi connectivity index (χ4v) is 1.95. The third kappa shape index (κ3) is 1.92. The molecule has 0 radical (unpaired) electrons. The molecular formula is C12H12N2O4. The maximum atomic E-state index is 12.0.